The van der Waals surface area contributed by atoms with Crippen molar-refractivity contribution >= 4 is 17.0 Å². The third-order valence-electron chi connectivity index (χ3n) is 5.08. The fourth-order valence-electron chi connectivity index (χ4n) is 3.46. The second-order valence-electron chi connectivity index (χ2n) is 7.40. The fourth-order valence-corrected chi connectivity index (χ4v) is 3.46. The maximum absolute atomic E-state index is 12.5. The average molecular weight is 453 g/mol. The van der Waals surface area contributed by atoms with Gasteiger partial charge < -0.3 is 33.4 Å². The molecule has 32 heavy (non-hydrogen) atoms. The minimum absolute atomic E-state index is 0.186. The molecule has 11 heteroatoms. The van der Waals surface area contributed by atoms with Gasteiger partial charge in [-0.2, -0.15) is 4.98 Å². The van der Waals surface area contributed by atoms with Crippen LogP contribution in [0.15, 0.2) is 12.5 Å². The van der Waals surface area contributed by atoms with Crippen molar-refractivity contribution in [3.63, 3.8) is 0 Å². The molecule has 3 rings (SSSR count). The Balaban J connectivity index is 1.80. The first-order valence-electron chi connectivity index (χ1n) is 10.8. The molecule has 0 unspecified atom stereocenters. The van der Waals surface area contributed by atoms with Gasteiger partial charge in [0, 0.05) is 24.9 Å². The Kier molecular flexibility index (Phi) is 8.76. The molecular weight excluding hydrogens is 420 g/mol. The van der Waals surface area contributed by atoms with Crippen LogP contribution in [0.4, 0.5) is 0 Å². The monoisotopic (exact) mass is 452 g/mol. The number of aromatic nitrogens is 3. The van der Waals surface area contributed by atoms with E-state index in [-0.39, 0.29) is 13.2 Å². The van der Waals surface area contributed by atoms with E-state index in [0.29, 0.717) is 30.3 Å². The highest BCUT2D eigenvalue weighted by molar-refractivity contribution is 5.84. The van der Waals surface area contributed by atoms with Gasteiger partial charge in [0.25, 0.3) is 0 Å². The summed E-state index contributed by atoms with van der Waals surface area (Å²) in [6, 6.07) is -1.05. The number of aliphatic hydroxyl groups is 1. The minimum atomic E-state index is -1.24. The Morgan fingerprint density at radius 3 is 2.78 bits per heavy atom. The molecular formula is C21H32N4O7. The number of nitrogens with zero attached hydrogens (tertiary/aromatic N) is 3. The molecule has 0 aromatic carbocycles. The second kappa shape index (κ2) is 11.5. The first kappa shape index (κ1) is 24.3. The van der Waals surface area contributed by atoms with Crippen LogP contribution in [-0.2, 0) is 37.0 Å². The van der Waals surface area contributed by atoms with E-state index in [1.807, 2.05) is 10.8 Å². The lowest BCUT2D eigenvalue weighted by atomic mass is 10.1. The predicted octanol–water partition coefficient (Wildman–Crippen LogP) is 1.32. The van der Waals surface area contributed by atoms with Gasteiger partial charge in [0.2, 0.25) is 5.88 Å². The number of carbonyl (C=O) groups excluding carboxylic acids is 1. The van der Waals surface area contributed by atoms with Crippen LogP contribution < -0.4 is 10.1 Å². The minimum Gasteiger partial charge on any atom is -0.479 e. The van der Waals surface area contributed by atoms with Crippen molar-refractivity contribution < 1.29 is 33.6 Å². The number of rotatable bonds is 13. The molecule has 2 N–H and O–H groups in total. The van der Waals surface area contributed by atoms with Crippen molar-refractivity contribution in [3.05, 3.63) is 18.1 Å². The Labute approximate surface area is 187 Å². The summed E-state index contributed by atoms with van der Waals surface area (Å²) >= 11 is 0. The molecule has 0 amide bonds. The van der Waals surface area contributed by atoms with Gasteiger partial charge in [0.15, 0.2) is 12.6 Å². The molecule has 1 aliphatic heterocycles. The number of hydrogen-bond donors (Lipinski definition) is 2. The quantitative estimate of drug-likeness (QED) is 0.339. The lowest BCUT2D eigenvalue weighted by Gasteiger charge is -2.38. The summed E-state index contributed by atoms with van der Waals surface area (Å²) in [6.07, 6.45) is 2.73. The van der Waals surface area contributed by atoms with E-state index in [9.17, 15) is 9.90 Å². The highest BCUT2D eigenvalue weighted by Crippen LogP contribution is 2.27. The number of esters is 1. The molecule has 0 spiro atoms. The molecule has 2 aromatic heterocycles. The maximum Gasteiger partial charge on any atom is 0.326 e. The molecule has 2 atom stereocenters. The van der Waals surface area contributed by atoms with E-state index in [4.69, 9.17) is 23.7 Å². The lowest BCUT2D eigenvalue weighted by molar-refractivity contribution is -0.399. The van der Waals surface area contributed by atoms with E-state index in [2.05, 4.69) is 22.2 Å². The Hall–Kier alpha value is -2.31. The molecule has 1 fully saturated rings. The number of ether oxygens (including phenoxy) is 5. The zero-order valence-corrected chi connectivity index (χ0v) is 18.9. The van der Waals surface area contributed by atoms with Crippen LogP contribution in [0.3, 0.4) is 0 Å². The van der Waals surface area contributed by atoms with Gasteiger partial charge in [-0.3, -0.25) is 10.1 Å². The molecule has 1 aliphatic rings. The molecule has 2 aromatic rings. The topological polar surface area (TPSA) is 126 Å². The number of hydrogen-bond acceptors (Lipinski definition) is 10. The zero-order valence-electron chi connectivity index (χ0n) is 18.9. The number of carbonyl (C=O) groups is 1. The smallest absolute Gasteiger partial charge is 0.326 e. The summed E-state index contributed by atoms with van der Waals surface area (Å²) < 4.78 is 28.9. The maximum atomic E-state index is 12.5. The zero-order chi connectivity index (χ0) is 23.1. The van der Waals surface area contributed by atoms with Crippen LogP contribution in [0.2, 0.25) is 0 Å². The third-order valence-corrected chi connectivity index (χ3v) is 5.08. The average Bonchev–Trinajstić information content (AvgIpc) is 3.12. The van der Waals surface area contributed by atoms with E-state index in [1.165, 1.54) is 6.33 Å². The van der Waals surface area contributed by atoms with Crippen molar-refractivity contribution in [2.75, 3.05) is 20.3 Å². The molecule has 0 radical (unpaired) electrons. The van der Waals surface area contributed by atoms with Crippen molar-refractivity contribution in [2.24, 2.45) is 0 Å². The fraction of sp³-hybridized carbons (Fsp3) is 0.667. The Bertz CT molecular complexity index is 884. The molecule has 178 valence electrons. The van der Waals surface area contributed by atoms with Gasteiger partial charge in [-0.25, -0.2) is 4.98 Å². The molecule has 3 heterocycles. The van der Waals surface area contributed by atoms with Crippen molar-refractivity contribution in [2.45, 2.75) is 71.6 Å². The van der Waals surface area contributed by atoms with Gasteiger partial charge in [-0.1, -0.05) is 13.3 Å². The number of nitrogens with one attached hydrogen (secondary N) is 1. The molecule has 11 nitrogen and oxygen atoms in total. The molecule has 0 saturated carbocycles. The standard InChI is InChI=1S/C21H32N4O7/c1-5-7-8-29-12-25-10-14(15-17(25)19(28-4)24-11-23-15)9-22-16(20(27)30-6-2)18(26)21-31-13(3)32-21/h10-11,13,16,18,21-22,26H,5-9,12H2,1-4H3/t13?,16-,18-,21?/m1/s1. The normalized spacial score (nSPS) is 20.0. The van der Waals surface area contributed by atoms with Gasteiger partial charge >= 0.3 is 5.97 Å². The largest absolute Gasteiger partial charge is 0.479 e. The van der Waals surface area contributed by atoms with E-state index in [1.54, 1.807) is 21.0 Å². The Morgan fingerprint density at radius 2 is 2.12 bits per heavy atom. The number of fused-ring (bicyclic) bond motifs is 1. The van der Waals surface area contributed by atoms with E-state index >= 15 is 0 Å². The van der Waals surface area contributed by atoms with Crippen LogP contribution in [0, 0.1) is 0 Å². The summed E-state index contributed by atoms with van der Waals surface area (Å²) in [5, 5.41) is 13.7. The van der Waals surface area contributed by atoms with Crippen LogP contribution >= 0.6 is 0 Å². The predicted molar refractivity (Wildman–Crippen MR) is 114 cm³/mol. The van der Waals surface area contributed by atoms with Crippen LogP contribution in [0.25, 0.3) is 11.0 Å². The summed E-state index contributed by atoms with van der Waals surface area (Å²) in [6.45, 7) is 6.87. The van der Waals surface area contributed by atoms with Crippen LogP contribution in [0.5, 0.6) is 5.88 Å². The summed E-state index contributed by atoms with van der Waals surface area (Å²) in [4.78, 5) is 21.1. The highest BCUT2D eigenvalue weighted by Gasteiger charge is 2.41. The van der Waals surface area contributed by atoms with Gasteiger partial charge in [0.1, 0.15) is 36.2 Å². The Morgan fingerprint density at radius 1 is 1.34 bits per heavy atom. The summed E-state index contributed by atoms with van der Waals surface area (Å²) in [7, 11) is 1.54. The van der Waals surface area contributed by atoms with E-state index in [0.717, 1.165) is 18.4 Å². The van der Waals surface area contributed by atoms with Gasteiger partial charge in [0.05, 0.1) is 13.7 Å². The number of methoxy groups -OCH3 is 1. The van der Waals surface area contributed by atoms with Gasteiger partial charge in [-0.05, 0) is 20.3 Å². The SMILES string of the molecule is CCCCOCn1cc(CN[C@@H](C(=O)OCC)[C@@H](O)C2OC(C)O2)c2ncnc(OC)c21. The molecule has 0 aliphatic carbocycles. The first-order valence-corrected chi connectivity index (χ1v) is 10.8. The number of unbranched alkanes of at least 4 members (excludes halogenated alkanes) is 1. The summed E-state index contributed by atoms with van der Waals surface area (Å²) in [5.74, 6) is -0.168. The second-order valence-corrected chi connectivity index (χ2v) is 7.40. The van der Waals surface area contributed by atoms with E-state index < -0.39 is 30.7 Å². The summed E-state index contributed by atoms with van der Waals surface area (Å²) in [5.41, 5.74) is 2.13. The van der Waals surface area contributed by atoms with Crippen molar-refractivity contribution in [1.29, 1.82) is 0 Å². The van der Waals surface area contributed by atoms with Crippen LogP contribution in [0.1, 0.15) is 39.2 Å². The van der Waals surface area contributed by atoms with Gasteiger partial charge in [-0.15, -0.1) is 0 Å². The van der Waals surface area contributed by atoms with Crippen molar-refractivity contribution in [1.82, 2.24) is 19.9 Å². The molecule has 0 bridgehead atoms. The number of aliphatic hydroxyl groups excluding tert-OH is 1. The van der Waals surface area contributed by atoms with Crippen LogP contribution in [-0.4, -0.2) is 70.7 Å². The molecule has 1 saturated heterocycles. The lowest BCUT2D eigenvalue weighted by Crippen LogP contribution is -2.58. The highest BCUT2D eigenvalue weighted by atomic mass is 16.9. The third kappa shape index (κ3) is 5.54. The first-order chi connectivity index (χ1) is 15.5. The van der Waals surface area contributed by atoms with Crippen molar-refractivity contribution in [3.8, 4) is 5.88 Å².